The number of likely N-dealkylation sites (tertiary alicyclic amines) is 1. The molecule has 5 heteroatoms. The molecule has 0 unspecified atom stereocenters. The molecule has 1 aromatic heterocycles. The Morgan fingerprint density at radius 2 is 2.05 bits per heavy atom. The topological polar surface area (TPSA) is 53.4 Å². The number of aliphatic carboxylic acids is 1. The molecule has 0 atom stereocenters. The van der Waals surface area contributed by atoms with Crippen LogP contribution in [-0.4, -0.2) is 34.0 Å². The van der Waals surface area contributed by atoms with Crippen LogP contribution in [0.4, 0.5) is 0 Å². The van der Waals surface area contributed by atoms with Crippen LogP contribution in [0.3, 0.4) is 0 Å². The highest BCUT2D eigenvalue weighted by atomic mass is 32.1. The Morgan fingerprint density at radius 1 is 1.33 bits per heavy atom. The maximum absolute atomic E-state index is 10.8. The van der Waals surface area contributed by atoms with Gasteiger partial charge in [-0.15, -0.1) is 11.3 Å². The number of nitrogens with zero attached hydrogens (tertiary/aromatic N) is 2. The minimum Gasteiger partial charge on any atom is -0.481 e. The van der Waals surface area contributed by atoms with Crippen LogP contribution in [0.5, 0.6) is 0 Å². The summed E-state index contributed by atoms with van der Waals surface area (Å²) in [5.74, 6) is -0.213. The summed E-state index contributed by atoms with van der Waals surface area (Å²) < 4.78 is 0. The number of hydrogen-bond donors (Lipinski definition) is 1. The van der Waals surface area contributed by atoms with Crippen molar-refractivity contribution in [3.05, 3.63) is 16.6 Å². The van der Waals surface area contributed by atoms with Gasteiger partial charge in [0, 0.05) is 18.3 Å². The quantitative estimate of drug-likeness (QED) is 0.926. The normalized spacial score (nSPS) is 23.4. The standard InChI is InChI=1S/C16H24N2O2S/c19-15(20)9-13-1-3-16(4-2-13)5-7-18(8-6-16)10-14-11-21-12-17-14/h11-13H,1-10H2,(H,19,20). The predicted octanol–water partition coefficient (Wildman–Crippen LogP) is 3.39. The molecular weight excluding hydrogens is 284 g/mol. The first-order chi connectivity index (χ1) is 10.2. The fourth-order valence-electron chi connectivity index (χ4n) is 3.97. The van der Waals surface area contributed by atoms with Crippen molar-refractivity contribution in [1.29, 1.82) is 0 Å². The molecule has 3 rings (SSSR count). The maximum Gasteiger partial charge on any atom is 0.303 e. The van der Waals surface area contributed by atoms with Gasteiger partial charge in [0.1, 0.15) is 0 Å². The summed E-state index contributed by atoms with van der Waals surface area (Å²) in [5, 5.41) is 11.1. The van der Waals surface area contributed by atoms with Crippen molar-refractivity contribution in [2.24, 2.45) is 11.3 Å². The van der Waals surface area contributed by atoms with E-state index in [1.807, 2.05) is 5.51 Å². The Hall–Kier alpha value is -0.940. The average Bonchev–Trinajstić information content (AvgIpc) is 2.97. The molecule has 1 saturated heterocycles. The van der Waals surface area contributed by atoms with E-state index in [9.17, 15) is 4.79 Å². The zero-order valence-corrected chi connectivity index (χ0v) is 13.3. The summed E-state index contributed by atoms with van der Waals surface area (Å²) >= 11 is 1.67. The number of carbonyl (C=O) groups is 1. The first-order valence-corrected chi connectivity index (χ1v) is 8.91. The maximum atomic E-state index is 10.8. The monoisotopic (exact) mass is 308 g/mol. The molecule has 0 amide bonds. The van der Waals surface area contributed by atoms with Crippen molar-refractivity contribution in [3.8, 4) is 0 Å². The van der Waals surface area contributed by atoms with E-state index < -0.39 is 5.97 Å². The molecule has 1 saturated carbocycles. The molecule has 1 aliphatic carbocycles. The lowest BCUT2D eigenvalue weighted by molar-refractivity contribution is -0.138. The predicted molar refractivity (Wildman–Crippen MR) is 83.3 cm³/mol. The van der Waals surface area contributed by atoms with E-state index in [4.69, 9.17) is 5.11 Å². The Balaban J connectivity index is 1.46. The first-order valence-electron chi connectivity index (χ1n) is 7.96. The summed E-state index contributed by atoms with van der Waals surface area (Å²) in [7, 11) is 0. The number of carboxylic acid groups (broad SMARTS) is 1. The summed E-state index contributed by atoms with van der Waals surface area (Å²) in [4.78, 5) is 17.7. The van der Waals surface area contributed by atoms with Crippen molar-refractivity contribution in [2.45, 2.75) is 51.5 Å². The third kappa shape index (κ3) is 3.83. The van der Waals surface area contributed by atoms with Crippen LogP contribution in [0.1, 0.15) is 50.6 Å². The number of piperidine rings is 1. The number of carboxylic acids is 1. The van der Waals surface area contributed by atoms with E-state index in [0.29, 0.717) is 17.8 Å². The van der Waals surface area contributed by atoms with Crippen molar-refractivity contribution in [2.75, 3.05) is 13.1 Å². The molecule has 2 aliphatic rings. The van der Waals surface area contributed by atoms with Gasteiger partial charge in [-0.25, -0.2) is 4.98 Å². The lowest BCUT2D eigenvalue weighted by Gasteiger charge is -2.45. The van der Waals surface area contributed by atoms with Gasteiger partial charge in [-0.2, -0.15) is 0 Å². The van der Waals surface area contributed by atoms with Gasteiger partial charge in [-0.05, 0) is 62.9 Å². The fraction of sp³-hybridized carbons (Fsp3) is 0.750. The van der Waals surface area contributed by atoms with E-state index in [0.717, 1.165) is 19.4 Å². The molecule has 1 aromatic rings. The second kappa shape index (κ2) is 6.44. The molecule has 21 heavy (non-hydrogen) atoms. The number of rotatable bonds is 4. The second-order valence-electron chi connectivity index (χ2n) is 6.80. The largest absolute Gasteiger partial charge is 0.481 e. The number of aromatic nitrogens is 1. The van der Waals surface area contributed by atoms with E-state index >= 15 is 0 Å². The van der Waals surface area contributed by atoms with Crippen molar-refractivity contribution in [3.63, 3.8) is 0 Å². The number of thiazole rings is 1. The van der Waals surface area contributed by atoms with Crippen LogP contribution in [0, 0.1) is 11.3 Å². The Labute approximate surface area is 130 Å². The van der Waals surface area contributed by atoms with E-state index in [-0.39, 0.29) is 0 Å². The lowest BCUT2D eigenvalue weighted by atomic mass is 9.65. The first kappa shape index (κ1) is 15.0. The van der Waals surface area contributed by atoms with Gasteiger partial charge in [0.05, 0.1) is 11.2 Å². The summed E-state index contributed by atoms with van der Waals surface area (Å²) in [6, 6.07) is 0. The highest BCUT2D eigenvalue weighted by Crippen LogP contribution is 2.47. The van der Waals surface area contributed by atoms with Crippen molar-refractivity contribution < 1.29 is 9.90 Å². The zero-order chi connectivity index (χ0) is 14.7. The molecule has 1 N–H and O–H groups in total. The fourth-order valence-corrected chi connectivity index (χ4v) is 4.52. The Morgan fingerprint density at radius 3 is 2.62 bits per heavy atom. The molecule has 2 fully saturated rings. The number of hydrogen-bond acceptors (Lipinski definition) is 4. The molecule has 4 nitrogen and oxygen atoms in total. The third-order valence-electron chi connectivity index (χ3n) is 5.41. The highest BCUT2D eigenvalue weighted by molar-refractivity contribution is 7.07. The van der Waals surface area contributed by atoms with E-state index in [1.54, 1.807) is 11.3 Å². The van der Waals surface area contributed by atoms with Gasteiger partial charge in [-0.1, -0.05) is 0 Å². The third-order valence-corrected chi connectivity index (χ3v) is 6.05. The Bertz CT molecular complexity index is 457. The van der Waals surface area contributed by atoms with E-state index in [1.165, 1.54) is 44.5 Å². The van der Waals surface area contributed by atoms with Crippen LogP contribution in [0.25, 0.3) is 0 Å². The van der Waals surface area contributed by atoms with Gasteiger partial charge >= 0.3 is 5.97 Å². The highest BCUT2D eigenvalue weighted by Gasteiger charge is 2.38. The molecule has 0 aromatic carbocycles. The van der Waals surface area contributed by atoms with Gasteiger partial charge in [0.15, 0.2) is 0 Å². The average molecular weight is 308 g/mol. The minimum atomic E-state index is -0.631. The lowest BCUT2D eigenvalue weighted by Crippen LogP contribution is -2.41. The summed E-state index contributed by atoms with van der Waals surface area (Å²) in [6.45, 7) is 3.32. The van der Waals surface area contributed by atoms with Crippen LogP contribution in [0.15, 0.2) is 10.9 Å². The van der Waals surface area contributed by atoms with Crippen molar-refractivity contribution in [1.82, 2.24) is 9.88 Å². The molecule has 0 radical (unpaired) electrons. The molecule has 116 valence electrons. The Kier molecular flexibility index (Phi) is 4.60. The van der Waals surface area contributed by atoms with Gasteiger partial charge in [0.25, 0.3) is 0 Å². The molecule has 1 aliphatic heterocycles. The summed E-state index contributed by atoms with van der Waals surface area (Å²) in [6.07, 6.45) is 7.60. The van der Waals surface area contributed by atoms with E-state index in [2.05, 4.69) is 15.3 Å². The molecule has 1 spiro atoms. The van der Waals surface area contributed by atoms with Crippen LogP contribution in [-0.2, 0) is 11.3 Å². The zero-order valence-electron chi connectivity index (χ0n) is 12.5. The smallest absolute Gasteiger partial charge is 0.303 e. The molecule has 2 heterocycles. The van der Waals surface area contributed by atoms with Crippen LogP contribution < -0.4 is 0 Å². The summed E-state index contributed by atoms with van der Waals surface area (Å²) in [5.41, 5.74) is 3.61. The van der Waals surface area contributed by atoms with Gasteiger partial charge < -0.3 is 5.11 Å². The van der Waals surface area contributed by atoms with Crippen LogP contribution >= 0.6 is 11.3 Å². The SMILES string of the molecule is O=C(O)CC1CCC2(CC1)CCN(Cc1cscn1)CC2. The second-order valence-corrected chi connectivity index (χ2v) is 7.52. The van der Waals surface area contributed by atoms with Crippen molar-refractivity contribution >= 4 is 17.3 Å². The van der Waals surface area contributed by atoms with Crippen LogP contribution in [0.2, 0.25) is 0 Å². The molecule has 0 bridgehead atoms. The van der Waals surface area contributed by atoms with Gasteiger partial charge in [-0.3, -0.25) is 9.69 Å². The van der Waals surface area contributed by atoms with Gasteiger partial charge in [0.2, 0.25) is 0 Å². The minimum absolute atomic E-state index is 0.367. The molecular formula is C16H24N2O2S.